The van der Waals surface area contributed by atoms with Gasteiger partial charge in [0.1, 0.15) is 0 Å². The molecule has 0 amide bonds. The Morgan fingerprint density at radius 2 is 1.72 bits per heavy atom. The highest BCUT2D eigenvalue weighted by Gasteiger charge is 1.97. The summed E-state index contributed by atoms with van der Waals surface area (Å²) in [6, 6.07) is 0. The highest BCUT2D eigenvalue weighted by Crippen LogP contribution is 2.15. The van der Waals surface area contributed by atoms with Crippen molar-refractivity contribution < 1.29 is 0 Å². The lowest BCUT2D eigenvalue weighted by molar-refractivity contribution is 0.957. The fourth-order valence-electron chi connectivity index (χ4n) is 1.53. The van der Waals surface area contributed by atoms with Crippen LogP contribution in [0.5, 0.6) is 0 Å². The fraction of sp³-hybridized carbons (Fsp3) is 0.500. The van der Waals surface area contributed by atoms with Crippen molar-refractivity contribution in [3.05, 3.63) is 59.7 Å². The molecule has 0 saturated carbocycles. The summed E-state index contributed by atoms with van der Waals surface area (Å²) in [4.78, 5) is 5.58. The van der Waals surface area contributed by atoms with E-state index >= 15 is 0 Å². The molecule has 0 bridgehead atoms. The van der Waals surface area contributed by atoms with E-state index in [0.29, 0.717) is 0 Å². The molecule has 0 radical (unpaired) electrons. The Hall–Kier alpha value is -1.48. The first-order valence-corrected chi connectivity index (χ1v) is 9.91. The highest BCUT2D eigenvalue weighted by molar-refractivity contribution is 8.03. The van der Waals surface area contributed by atoms with E-state index in [2.05, 4.69) is 71.0 Å². The molecular formula is C22H40N2S. The van der Waals surface area contributed by atoms with Crippen LogP contribution in [0.4, 0.5) is 0 Å². The Balaban J connectivity index is -0.000000380. The molecule has 0 aromatic carbocycles. The van der Waals surface area contributed by atoms with E-state index in [1.165, 1.54) is 16.9 Å². The maximum Gasteiger partial charge on any atom is 0.0342 e. The lowest BCUT2D eigenvalue weighted by atomic mass is 10.1. The average Bonchev–Trinajstić information content (AvgIpc) is 2.66. The first-order valence-electron chi connectivity index (χ1n) is 8.93. The lowest BCUT2D eigenvalue weighted by Crippen LogP contribution is -1.96. The summed E-state index contributed by atoms with van der Waals surface area (Å²) in [5.74, 6) is 1.05. The molecule has 0 aromatic heterocycles. The highest BCUT2D eigenvalue weighted by atomic mass is 32.2. The van der Waals surface area contributed by atoms with E-state index < -0.39 is 0 Å². The molecule has 0 fully saturated rings. The first-order chi connectivity index (χ1) is 12.0. The standard InChI is InChI=1S/C12H21NS.C8H15N.C2H4/c1-6-10(3)14-9-8-12(7-2)11(4)13-5;1-3-5-6-7-8(9)4-2;1-2/h6,8H,7,9H2,1-5H3;4,6-7H,3,5,9H2,1-2H3;1-2H2/b10-6-,12-8-,13-11?;7-6-,8-4+;. The normalized spacial score (nSPS) is 13.1. The average molecular weight is 365 g/mol. The Morgan fingerprint density at radius 3 is 2.12 bits per heavy atom. The number of thioether (sulfide) groups is 1. The number of nitrogens with zero attached hydrogens (tertiary/aromatic N) is 1. The topological polar surface area (TPSA) is 38.4 Å². The van der Waals surface area contributed by atoms with Gasteiger partial charge in [0.05, 0.1) is 0 Å². The van der Waals surface area contributed by atoms with Crippen LogP contribution in [0.25, 0.3) is 0 Å². The predicted octanol–water partition coefficient (Wildman–Crippen LogP) is 7.08. The summed E-state index contributed by atoms with van der Waals surface area (Å²) in [6.07, 6.45) is 13.7. The van der Waals surface area contributed by atoms with Gasteiger partial charge in [0.25, 0.3) is 0 Å². The molecule has 0 rings (SSSR count). The van der Waals surface area contributed by atoms with Crippen molar-refractivity contribution in [1.29, 1.82) is 0 Å². The summed E-state index contributed by atoms with van der Waals surface area (Å²) in [5, 5.41) is 0. The Bertz CT molecular complexity index is 455. The second-order valence-electron chi connectivity index (χ2n) is 5.08. The van der Waals surface area contributed by atoms with Gasteiger partial charge in [0, 0.05) is 24.2 Å². The number of unbranched alkanes of at least 4 members (excludes halogenated alkanes) is 1. The molecule has 25 heavy (non-hydrogen) atoms. The molecule has 0 aliphatic rings. The summed E-state index contributed by atoms with van der Waals surface area (Å²) in [7, 11) is 1.85. The quantitative estimate of drug-likeness (QED) is 0.284. The van der Waals surface area contributed by atoms with E-state index in [4.69, 9.17) is 5.73 Å². The zero-order chi connectivity index (χ0) is 20.1. The van der Waals surface area contributed by atoms with E-state index in [1.807, 2.05) is 37.9 Å². The molecule has 0 atom stereocenters. The van der Waals surface area contributed by atoms with Gasteiger partial charge in [-0.05, 0) is 57.1 Å². The SMILES string of the molecule is C/C=C(/C)SC/C=C(/CC)C(C)=NC.C/C=C(N)\C=C/CCC.C=C. The molecule has 0 saturated heterocycles. The monoisotopic (exact) mass is 364 g/mol. The number of nitrogens with two attached hydrogens (primary N) is 1. The molecule has 0 unspecified atom stereocenters. The predicted molar refractivity (Wildman–Crippen MR) is 123 cm³/mol. The third-order valence-corrected chi connectivity index (χ3v) is 4.35. The van der Waals surface area contributed by atoms with Crippen molar-refractivity contribution >= 4 is 17.5 Å². The van der Waals surface area contributed by atoms with Crippen LogP contribution < -0.4 is 5.73 Å². The van der Waals surface area contributed by atoms with Crippen LogP contribution in [-0.4, -0.2) is 18.5 Å². The third kappa shape index (κ3) is 20.5. The minimum Gasteiger partial charge on any atom is -0.399 e. The third-order valence-electron chi connectivity index (χ3n) is 3.33. The molecule has 144 valence electrons. The number of hydrogen-bond donors (Lipinski definition) is 1. The lowest BCUT2D eigenvalue weighted by Gasteiger charge is -2.03. The van der Waals surface area contributed by atoms with Crippen molar-refractivity contribution in [3.63, 3.8) is 0 Å². The van der Waals surface area contributed by atoms with Crippen LogP contribution in [-0.2, 0) is 0 Å². The molecule has 0 spiro atoms. The number of aliphatic imine (C=N–C) groups is 1. The molecule has 0 aromatic rings. The molecule has 0 aliphatic heterocycles. The van der Waals surface area contributed by atoms with Crippen LogP contribution in [0, 0.1) is 0 Å². The van der Waals surface area contributed by atoms with Crippen LogP contribution >= 0.6 is 11.8 Å². The summed E-state index contributed by atoms with van der Waals surface area (Å²) < 4.78 is 0. The van der Waals surface area contributed by atoms with Gasteiger partial charge < -0.3 is 5.73 Å². The van der Waals surface area contributed by atoms with Gasteiger partial charge >= 0.3 is 0 Å². The van der Waals surface area contributed by atoms with E-state index in [1.54, 1.807) is 0 Å². The Labute approximate surface area is 161 Å². The number of rotatable bonds is 8. The maximum absolute atomic E-state index is 5.49. The van der Waals surface area contributed by atoms with Crippen LogP contribution in [0.3, 0.4) is 0 Å². The second kappa shape index (κ2) is 22.5. The van der Waals surface area contributed by atoms with Crippen LogP contribution in [0.15, 0.2) is 64.7 Å². The zero-order valence-corrected chi connectivity index (χ0v) is 18.4. The van der Waals surface area contributed by atoms with Gasteiger partial charge in [0.2, 0.25) is 0 Å². The largest absolute Gasteiger partial charge is 0.399 e. The van der Waals surface area contributed by atoms with Crippen molar-refractivity contribution in [2.45, 2.75) is 60.8 Å². The minimum absolute atomic E-state index is 0.850. The number of hydrogen-bond acceptors (Lipinski definition) is 3. The molecule has 0 aliphatic carbocycles. The van der Waals surface area contributed by atoms with E-state index in [0.717, 1.165) is 30.0 Å². The summed E-state index contributed by atoms with van der Waals surface area (Å²) in [5.41, 5.74) is 8.86. The maximum atomic E-state index is 5.49. The van der Waals surface area contributed by atoms with Crippen molar-refractivity contribution in [1.82, 2.24) is 0 Å². The van der Waals surface area contributed by atoms with E-state index in [-0.39, 0.29) is 0 Å². The van der Waals surface area contributed by atoms with Gasteiger partial charge in [0.15, 0.2) is 0 Å². The zero-order valence-electron chi connectivity index (χ0n) is 17.6. The molecule has 2 nitrogen and oxygen atoms in total. The number of allylic oxidation sites excluding steroid dienone is 6. The van der Waals surface area contributed by atoms with Crippen LogP contribution in [0.1, 0.15) is 60.8 Å². The van der Waals surface area contributed by atoms with Gasteiger partial charge in [-0.25, -0.2) is 0 Å². The fourth-order valence-corrected chi connectivity index (χ4v) is 2.24. The molecule has 2 N–H and O–H groups in total. The van der Waals surface area contributed by atoms with Crippen LogP contribution in [0.2, 0.25) is 0 Å². The van der Waals surface area contributed by atoms with Gasteiger partial charge in [-0.1, -0.05) is 44.6 Å². The minimum atomic E-state index is 0.850. The van der Waals surface area contributed by atoms with E-state index in [9.17, 15) is 0 Å². The van der Waals surface area contributed by atoms with Crippen molar-refractivity contribution in [2.75, 3.05) is 12.8 Å². The van der Waals surface area contributed by atoms with Gasteiger partial charge in [-0.2, -0.15) is 0 Å². The summed E-state index contributed by atoms with van der Waals surface area (Å²) in [6.45, 7) is 18.6. The molecule has 3 heteroatoms. The van der Waals surface area contributed by atoms with Gasteiger partial charge in [-0.3, -0.25) is 4.99 Å². The smallest absolute Gasteiger partial charge is 0.0342 e. The Kier molecular flexibility index (Phi) is 25.5. The van der Waals surface area contributed by atoms with Crippen molar-refractivity contribution in [3.8, 4) is 0 Å². The van der Waals surface area contributed by atoms with Gasteiger partial charge in [-0.15, -0.1) is 24.9 Å². The summed E-state index contributed by atoms with van der Waals surface area (Å²) >= 11 is 1.88. The Morgan fingerprint density at radius 1 is 1.12 bits per heavy atom. The first kappa shape index (κ1) is 28.3. The van der Waals surface area contributed by atoms with Crippen molar-refractivity contribution in [2.24, 2.45) is 10.7 Å². The molecule has 0 heterocycles. The molecular weight excluding hydrogens is 324 g/mol. The second-order valence-corrected chi connectivity index (χ2v) is 6.35.